The van der Waals surface area contributed by atoms with E-state index >= 15 is 8.78 Å². The molecule has 2 aliphatic heterocycles. The monoisotopic (exact) mass is 980 g/mol. The predicted molar refractivity (Wildman–Crippen MR) is 229 cm³/mol. The highest BCUT2D eigenvalue weighted by atomic mass is 127. The van der Waals surface area contributed by atoms with Gasteiger partial charge in [-0.25, -0.2) is 29.1 Å². The highest BCUT2D eigenvalue weighted by molar-refractivity contribution is 5.96. The van der Waals surface area contributed by atoms with Crippen molar-refractivity contribution in [1.29, 1.82) is 0 Å². The van der Waals surface area contributed by atoms with Crippen LogP contribution >= 0.6 is 0 Å². The average Bonchev–Trinajstić information content (AvgIpc) is 3.90. The first kappa shape index (κ1) is 47.0. The molecule has 0 aliphatic carbocycles. The van der Waals surface area contributed by atoms with E-state index in [1.54, 1.807) is 28.8 Å². The van der Waals surface area contributed by atoms with Crippen LogP contribution in [0.2, 0.25) is 0 Å². The van der Waals surface area contributed by atoms with Gasteiger partial charge >= 0.3 is 12.1 Å². The van der Waals surface area contributed by atoms with E-state index in [2.05, 4.69) is 42.9 Å². The molecular formula is C45H55F2IN10O5. The number of likely N-dealkylation sites (tertiary alicyclic amines) is 2. The molecule has 5 heterocycles. The van der Waals surface area contributed by atoms with Crippen molar-refractivity contribution in [3.63, 3.8) is 0 Å². The summed E-state index contributed by atoms with van der Waals surface area (Å²) in [5, 5.41) is 9.32. The number of carbonyl (C=O) groups excluding carboxylic acids is 3. The number of anilines is 2. The number of hydrogen-bond donors (Lipinski definition) is 3. The molecule has 63 heavy (non-hydrogen) atoms. The van der Waals surface area contributed by atoms with Crippen LogP contribution in [0.3, 0.4) is 0 Å². The third-order valence-electron chi connectivity index (χ3n) is 11.5. The third kappa shape index (κ3) is 11.6. The molecule has 336 valence electrons. The van der Waals surface area contributed by atoms with Gasteiger partial charge in [0, 0.05) is 92.5 Å². The van der Waals surface area contributed by atoms with Crippen molar-refractivity contribution in [3.8, 4) is 23.0 Å². The molecule has 18 heteroatoms. The summed E-state index contributed by atoms with van der Waals surface area (Å²) in [5.41, 5.74) is 2.16. The predicted octanol–water partition coefficient (Wildman–Crippen LogP) is 3.92. The molecule has 5 aromatic rings. The summed E-state index contributed by atoms with van der Waals surface area (Å²) in [6, 6.07) is 9.56. The van der Waals surface area contributed by atoms with Gasteiger partial charge in [0.05, 0.1) is 38.6 Å². The zero-order valence-electron chi connectivity index (χ0n) is 36.3. The van der Waals surface area contributed by atoms with Gasteiger partial charge in [-0.2, -0.15) is 4.39 Å². The molecule has 2 aromatic carbocycles. The summed E-state index contributed by atoms with van der Waals surface area (Å²) in [5.74, 6) is -2.04. The molecule has 3 N–H and O–H groups in total. The Labute approximate surface area is 383 Å². The van der Waals surface area contributed by atoms with Crippen molar-refractivity contribution in [2.24, 2.45) is 11.8 Å². The molecule has 1 atom stereocenters. The largest absolute Gasteiger partial charge is 1.00 e. The number of quaternary nitrogens is 1. The van der Waals surface area contributed by atoms with E-state index in [0.717, 1.165) is 55.5 Å². The first-order chi connectivity index (χ1) is 29.7. The molecule has 2 fully saturated rings. The van der Waals surface area contributed by atoms with Gasteiger partial charge in [0.25, 0.3) is 5.91 Å². The number of hydrogen-bond acceptors (Lipinski definition) is 10. The van der Waals surface area contributed by atoms with Gasteiger partial charge in [-0.05, 0) is 82.0 Å². The highest BCUT2D eigenvalue weighted by Gasteiger charge is 2.38. The lowest BCUT2D eigenvalue weighted by atomic mass is 9.93. The number of imidazole rings is 1. The molecule has 2 aliphatic rings. The Kier molecular flexibility index (Phi) is 15.2. The van der Waals surface area contributed by atoms with Crippen LogP contribution in [0.4, 0.5) is 25.1 Å². The van der Waals surface area contributed by atoms with Crippen LogP contribution in [-0.2, 0) is 16.0 Å². The Morgan fingerprint density at radius 1 is 0.937 bits per heavy atom. The van der Waals surface area contributed by atoms with Gasteiger partial charge in [0.15, 0.2) is 23.0 Å². The summed E-state index contributed by atoms with van der Waals surface area (Å²) < 4.78 is 43.9. The molecule has 3 amide bonds. The first-order valence-electron chi connectivity index (χ1n) is 21.2. The molecule has 0 radical (unpaired) electrons. The van der Waals surface area contributed by atoms with Gasteiger partial charge in [-0.3, -0.25) is 14.0 Å². The summed E-state index contributed by atoms with van der Waals surface area (Å²) in [4.78, 5) is 57.4. The van der Waals surface area contributed by atoms with Crippen LogP contribution in [0.5, 0.6) is 11.8 Å². The number of piperidine rings is 1. The first-order valence-corrected chi connectivity index (χ1v) is 21.2. The second-order valence-corrected chi connectivity index (χ2v) is 17.3. The number of rotatable bonds is 14. The summed E-state index contributed by atoms with van der Waals surface area (Å²) in [6.45, 7) is 12.7. The quantitative estimate of drug-likeness (QED) is 0.0845. The van der Waals surface area contributed by atoms with Gasteiger partial charge in [-0.15, -0.1) is 0 Å². The van der Waals surface area contributed by atoms with Crippen molar-refractivity contribution in [3.05, 3.63) is 90.1 Å². The van der Waals surface area contributed by atoms with Crippen LogP contribution in [0.1, 0.15) is 69.3 Å². The molecule has 7 rings (SSSR count). The van der Waals surface area contributed by atoms with Crippen molar-refractivity contribution in [2.75, 3.05) is 58.2 Å². The molecule has 0 bridgehead atoms. The Balaban J connectivity index is 0.00000661. The fraction of sp³-hybridized carbons (Fsp3) is 0.444. The van der Waals surface area contributed by atoms with Gasteiger partial charge in [0.2, 0.25) is 11.7 Å². The minimum Gasteiger partial charge on any atom is -1.00 e. The topological polar surface area (TPSA) is 165 Å². The van der Waals surface area contributed by atoms with Gasteiger partial charge in [0.1, 0.15) is 5.60 Å². The lowest BCUT2D eigenvalue weighted by molar-refractivity contribution is -0.917. The minimum atomic E-state index is -1.19. The lowest BCUT2D eigenvalue weighted by Crippen LogP contribution is -3.00. The van der Waals surface area contributed by atoms with Crippen LogP contribution in [0, 0.1) is 23.5 Å². The lowest BCUT2D eigenvalue weighted by Gasteiger charge is -2.41. The number of amides is 3. The number of nitrogens with zero attached hydrogens (tertiary/aromatic N) is 7. The highest BCUT2D eigenvalue weighted by Crippen LogP contribution is 2.33. The van der Waals surface area contributed by atoms with Crippen molar-refractivity contribution in [1.82, 2.24) is 39.9 Å². The molecule has 2 saturated heterocycles. The Morgan fingerprint density at radius 2 is 1.68 bits per heavy atom. The van der Waals surface area contributed by atoms with Crippen LogP contribution < -0.4 is 44.7 Å². The second-order valence-electron chi connectivity index (χ2n) is 17.3. The van der Waals surface area contributed by atoms with Crippen molar-refractivity contribution < 1.29 is 61.1 Å². The van der Waals surface area contributed by atoms with Gasteiger partial charge in [-0.1, -0.05) is 6.92 Å². The zero-order valence-corrected chi connectivity index (χ0v) is 38.5. The molecule has 15 nitrogen and oxygen atoms in total. The molecule has 1 unspecified atom stereocenters. The van der Waals surface area contributed by atoms with E-state index in [4.69, 9.17) is 9.47 Å². The number of ether oxygens (including phenoxy) is 2. The van der Waals surface area contributed by atoms with Crippen molar-refractivity contribution in [2.45, 2.75) is 65.4 Å². The van der Waals surface area contributed by atoms with E-state index in [0.29, 0.717) is 66.8 Å². The molecule has 3 aromatic heterocycles. The number of aromatic nitrogens is 5. The number of carbonyl (C=O) groups is 3. The summed E-state index contributed by atoms with van der Waals surface area (Å²) in [6.07, 6.45) is 11.0. The van der Waals surface area contributed by atoms with Gasteiger partial charge < -0.3 is 58.8 Å². The average molecular weight is 981 g/mol. The molecular weight excluding hydrogens is 925 g/mol. The maximum Gasteiger partial charge on any atom is 0.410 e. The van der Waals surface area contributed by atoms with Crippen molar-refractivity contribution >= 4 is 35.1 Å². The van der Waals surface area contributed by atoms with E-state index < -0.39 is 17.2 Å². The number of nitrogens with one attached hydrogen (secondary N) is 3. The Bertz CT molecular complexity index is 2410. The number of benzene rings is 2. The van der Waals surface area contributed by atoms with E-state index in [9.17, 15) is 14.4 Å². The van der Waals surface area contributed by atoms with E-state index in [-0.39, 0.29) is 65.1 Å². The number of aryl methyl sites for hydroxylation is 1. The number of halogens is 3. The Hall–Kier alpha value is -5.50. The standard InChI is InChI=1S/C45H54F2N10O5.HI/c1-6-30-25-32(54-39-40-53-26-35(56(40)22-20-48-39)34-11-12-36(38(47)37(34)46)61-43-51-18-8-19-52-43)9-10-33(30)42(59)50-17-7-16-49-41(58)31-14-23-57(5,24-15-31)28-29-13-21-55(27-29)44(60)62-45(2,3)4;/h8-12,18-20,22,25-26,29,31H,6-7,13-17,21,23-24,27-28H2,1-5H3,(H2-,48,49,50,54,58,59);1H. The minimum absolute atomic E-state index is 0. The second kappa shape index (κ2) is 20.3. The van der Waals surface area contributed by atoms with Crippen LogP contribution in [-0.4, -0.2) is 110 Å². The van der Waals surface area contributed by atoms with Crippen LogP contribution in [0.25, 0.3) is 16.9 Å². The number of fused-ring (bicyclic) bond motifs is 1. The SMILES string of the molecule is CCc1cc(Nc2nccn3c(-c4ccc(Oc5ncccn5)c(F)c4F)cnc23)ccc1C(=O)NCCCNC(=O)C1CC[N+](C)(CC2CCN(C(=O)OC(C)(C)C)C2)CC1.[I-]. The normalized spacial score (nSPS) is 18.7. The third-order valence-corrected chi connectivity index (χ3v) is 11.5. The summed E-state index contributed by atoms with van der Waals surface area (Å²) >= 11 is 0. The van der Waals surface area contributed by atoms with E-state index in [1.165, 1.54) is 36.9 Å². The van der Waals surface area contributed by atoms with Crippen LogP contribution in [0.15, 0.2) is 67.4 Å². The maximum absolute atomic E-state index is 15.4. The smallest absolute Gasteiger partial charge is 0.410 e. The zero-order chi connectivity index (χ0) is 44.0. The van der Waals surface area contributed by atoms with E-state index in [1.807, 2.05) is 38.7 Å². The fourth-order valence-corrected chi connectivity index (χ4v) is 8.25. The fourth-order valence-electron chi connectivity index (χ4n) is 8.25. The maximum atomic E-state index is 15.4. The summed E-state index contributed by atoms with van der Waals surface area (Å²) in [7, 11) is 2.26. The Morgan fingerprint density at radius 3 is 2.41 bits per heavy atom. The molecule has 0 saturated carbocycles. The molecule has 0 spiro atoms.